The van der Waals surface area contributed by atoms with E-state index < -0.39 is 0 Å². The summed E-state index contributed by atoms with van der Waals surface area (Å²) in [6, 6.07) is 2.33. The van der Waals surface area contributed by atoms with Gasteiger partial charge in [-0.15, -0.1) is 0 Å². The summed E-state index contributed by atoms with van der Waals surface area (Å²) in [6.07, 6.45) is 6.91. The maximum Gasteiger partial charge on any atom is 0.259 e. The van der Waals surface area contributed by atoms with Crippen LogP contribution in [-0.4, -0.2) is 51.1 Å². The van der Waals surface area contributed by atoms with Crippen molar-refractivity contribution in [2.45, 2.75) is 31.8 Å². The summed E-state index contributed by atoms with van der Waals surface area (Å²) in [6.45, 7) is 3.40. The molecule has 0 unspecified atom stereocenters. The summed E-state index contributed by atoms with van der Waals surface area (Å²) in [5, 5.41) is 3.71. The Morgan fingerprint density at radius 3 is 2.73 bits per heavy atom. The molecule has 0 spiro atoms. The van der Waals surface area contributed by atoms with Gasteiger partial charge in [-0.25, -0.2) is 9.97 Å². The highest BCUT2D eigenvalue weighted by molar-refractivity contribution is 5.95. The SMILES string of the molecule is Cc1oncc1C(=O)N1CC[C@H]2[C@H]1CCN2c1ncccn1. The topological polar surface area (TPSA) is 75.4 Å². The maximum atomic E-state index is 12.7. The van der Waals surface area contributed by atoms with E-state index in [0.717, 1.165) is 31.9 Å². The number of hydrogen-bond donors (Lipinski definition) is 0. The third-order valence-electron chi connectivity index (χ3n) is 4.63. The summed E-state index contributed by atoms with van der Waals surface area (Å²) < 4.78 is 5.02. The monoisotopic (exact) mass is 299 g/mol. The highest BCUT2D eigenvalue weighted by Gasteiger charge is 2.45. The van der Waals surface area contributed by atoms with Crippen molar-refractivity contribution in [1.82, 2.24) is 20.0 Å². The lowest BCUT2D eigenvalue weighted by Crippen LogP contribution is -2.40. The van der Waals surface area contributed by atoms with Gasteiger partial charge in [0.05, 0.1) is 18.3 Å². The molecule has 0 saturated carbocycles. The van der Waals surface area contributed by atoms with E-state index >= 15 is 0 Å². The van der Waals surface area contributed by atoms with Gasteiger partial charge < -0.3 is 14.3 Å². The van der Waals surface area contributed by atoms with Crippen LogP contribution in [0.25, 0.3) is 0 Å². The fourth-order valence-electron chi connectivity index (χ4n) is 3.58. The number of amides is 1. The zero-order valence-corrected chi connectivity index (χ0v) is 12.3. The Hall–Kier alpha value is -2.44. The largest absolute Gasteiger partial charge is 0.361 e. The lowest BCUT2D eigenvalue weighted by Gasteiger charge is -2.25. The van der Waals surface area contributed by atoms with Crippen LogP contribution in [-0.2, 0) is 0 Å². The Morgan fingerprint density at radius 2 is 2.00 bits per heavy atom. The van der Waals surface area contributed by atoms with E-state index in [1.165, 1.54) is 6.20 Å². The summed E-state index contributed by atoms with van der Waals surface area (Å²) >= 11 is 0. The predicted octanol–water partition coefficient (Wildman–Crippen LogP) is 1.27. The van der Waals surface area contributed by atoms with Gasteiger partial charge in [0.1, 0.15) is 11.3 Å². The molecule has 2 aliphatic heterocycles. The molecule has 0 bridgehead atoms. The number of aryl methyl sites for hydroxylation is 1. The van der Waals surface area contributed by atoms with Crippen LogP contribution in [0.4, 0.5) is 5.95 Å². The molecule has 4 heterocycles. The molecule has 1 amide bonds. The van der Waals surface area contributed by atoms with E-state index in [1.807, 2.05) is 11.0 Å². The van der Waals surface area contributed by atoms with E-state index in [9.17, 15) is 4.79 Å². The summed E-state index contributed by atoms with van der Waals surface area (Å²) in [5.74, 6) is 1.35. The summed E-state index contributed by atoms with van der Waals surface area (Å²) in [4.78, 5) is 25.5. The van der Waals surface area contributed by atoms with E-state index in [-0.39, 0.29) is 11.9 Å². The third kappa shape index (κ3) is 1.96. The molecule has 114 valence electrons. The molecule has 2 aromatic rings. The molecule has 7 heteroatoms. The fourth-order valence-corrected chi connectivity index (χ4v) is 3.58. The van der Waals surface area contributed by atoms with Gasteiger partial charge in [0.15, 0.2) is 0 Å². The van der Waals surface area contributed by atoms with Gasteiger partial charge in [-0.3, -0.25) is 4.79 Å². The van der Waals surface area contributed by atoms with E-state index in [2.05, 4.69) is 20.0 Å². The number of carbonyl (C=O) groups is 1. The highest BCUT2D eigenvalue weighted by Crippen LogP contribution is 2.34. The second-order valence-electron chi connectivity index (χ2n) is 5.75. The van der Waals surface area contributed by atoms with Crippen LogP contribution in [0.15, 0.2) is 29.2 Å². The predicted molar refractivity (Wildman–Crippen MR) is 78.5 cm³/mol. The maximum absolute atomic E-state index is 12.7. The number of hydrogen-bond acceptors (Lipinski definition) is 6. The van der Waals surface area contributed by atoms with Gasteiger partial charge in [-0.1, -0.05) is 5.16 Å². The lowest BCUT2D eigenvalue weighted by atomic mass is 10.1. The van der Waals surface area contributed by atoms with Crippen molar-refractivity contribution in [2.24, 2.45) is 0 Å². The zero-order valence-electron chi connectivity index (χ0n) is 12.3. The minimum atomic E-state index is 0.0158. The first-order chi connectivity index (χ1) is 10.8. The van der Waals surface area contributed by atoms with Crippen molar-refractivity contribution < 1.29 is 9.32 Å². The average molecular weight is 299 g/mol. The zero-order chi connectivity index (χ0) is 15.1. The number of nitrogens with zero attached hydrogens (tertiary/aromatic N) is 5. The molecule has 0 aliphatic carbocycles. The number of likely N-dealkylation sites (tertiary alicyclic amines) is 1. The first-order valence-electron chi connectivity index (χ1n) is 7.51. The molecular formula is C15H17N5O2. The van der Waals surface area contributed by atoms with Gasteiger partial charge in [-0.2, -0.15) is 0 Å². The van der Waals surface area contributed by atoms with Crippen LogP contribution in [0.2, 0.25) is 0 Å². The number of rotatable bonds is 2. The number of fused-ring (bicyclic) bond motifs is 1. The minimum Gasteiger partial charge on any atom is -0.361 e. The molecule has 0 radical (unpaired) electrons. The van der Waals surface area contributed by atoms with Crippen molar-refractivity contribution in [1.29, 1.82) is 0 Å². The molecule has 2 fully saturated rings. The van der Waals surface area contributed by atoms with Gasteiger partial charge in [0, 0.05) is 25.5 Å². The molecule has 7 nitrogen and oxygen atoms in total. The van der Waals surface area contributed by atoms with Gasteiger partial charge >= 0.3 is 0 Å². The molecule has 0 N–H and O–H groups in total. The third-order valence-corrected chi connectivity index (χ3v) is 4.63. The Labute approximate surface area is 127 Å². The second kappa shape index (κ2) is 5.08. The standard InChI is InChI=1S/C15H17N5O2/c1-10-11(9-18-22-10)14(21)19-7-3-13-12(19)4-8-20(13)15-16-5-2-6-17-15/h2,5-6,9,12-13H,3-4,7-8H2,1H3/t12-,13+/m1/s1. The average Bonchev–Trinajstić information content (AvgIpc) is 3.23. The molecule has 2 aromatic heterocycles. The van der Waals surface area contributed by atoms with Crippen molar-refractivity contribution in [3.05, 3.63) is 36.0 Å². The minimum absolute atomic E-state index is 0.0158. The van der Waals surface area contributed by atoms with Crippen LogP contribution in [0.5, 0.6) is 0 Å². The van der Waals surface area contributed by atoms with Crippen molar-refractivity contribution >= 4 is 11.9 Å². The van der Waals surface area contributed by atoms with Crippen molar-refractivity contribution in [3.8, 4) is 0 Å². The Bertz CT molecular complexity index is 686. The molecule has 2 aliphatic rings. The normalized spacial score (nSPS) is 23.9. The summed E-state index contributed by atoms with van der Waals surface area (Å²) in [7, 11) is 0. The molecule has 2 saturated heterocycles. The van der Waals surface area contributed by atoms with Crippen LogP contribution < -0.4 is 4.90 Å². The quantitative estimate of drug-likeness (QED) is 0.831. The second-order valence-corrected chi connectivity index (χ2v) is 5.75. The lowest BCUT2D eigenvalue weighted by molar-refractivity contribution is 0.0735. The Balaban J connectivity index is 1.56. The van der Waals surface area contributed by atoms with E-state index in [1.54, 1.807) is 19.3 Å². The van der Waals surface area contributed by atoms with Crippen LogP contribution in [0.1, 0.15) is 29.0 Å². The molecular weight excluding hydrogens is 282 g/mol. The number of anilines is 1. The number of carbonyl (C=O) groups excluding carboxylic acids is 1. The Morgan fingerprint density at radius 1 is 1.23 bits per heavy atom. The molecule has 2 atom stereocenters. The van der Waals surface area contributed by atoms with Crippen molar-refractivity contribution in [2.75, 3.05) is 18.0 Å². The van der Waals surface area contributed by atoms with Gasteiger partial charge in [-0.05, 0) is 25.8 Å². The summed E-state index contributed by atoms with van der Waals surface area (Å²) in [5.41, 5.74) is 0.565. The first kappa shape index (κ1) is 13.2. The molecule has 4 rings (SSSR count). The highest BCUT2D eigenvalue weighted by atomic mass is 16.5. The van der Waals surface area contributed by atoms with Crippen LogP contribution in [0.3, 0.4) is 0 Å². The first-order valence-corrected chi connectivity index (χ1v) is 7.51. The van der Waals surface area contributed by atoms with E-state index in [4.69, 9.17) is 4.52 Å². The van der Waals surface area contributed by atoms with Crippen LogP contribution >= 0.6 is 0 Å². The van der Waals surface area contributed by atoms with Crippen molar-refractivity contribution in [3.63, 3.8) is 0 Å². The molecule has 22 heavy (non-hydrogen) atoms. The fraction of sp³-hybridized carbons (Fsp3) is 0.467. The van der Waals surface area contributed by atoms with Crippen LogP contribution in [0, 0.1) is 6.92 Å². The Kier molecular flexibility index (Phi) is 3.06. The number of aromatic nitrogens is 3. The molecule has 0 aromatic carbocycles. The smallest absolute Gasteiger partial charge is 0.259 e. The van der Waals surface area contributed by atoms with Gasteiger partial charge in [0.2, 0.25) is 5.95 Å². The van der Waals surface area contributed by atoms with E-state index in [0.29, 0.717) is 17.4 Å². The van der Waals surface area contributed by atoms with Gasteiger partial charge in [0.25, 0.3) is 5.91 Å².